The maximum Gasteiger partial charge on any atom is 0.410 e. The van der Waals surface area contributed by atoms with Crippen molar-refractivity contribution in [2.75, 3.05) is 45.3 Å². The highest BCUT2D eigenvalue weighted by Crippen LogP contribution is 2.31. The van der Waals surface area contributed by atoms with Gasteiger partial charge in [-0.05, 0) is 51.8 Å². The number of ether oxygens (including phenoxy) is 3. The van der Waals surface area contributed by atoms with Gasteiger partial charge in [-0.1, -0.05) is 0 Å². The van der Waals surface area contributed by atoms with Crippen molar-refractivity contribution in [3.63, 3.8) is 0 Å². The Morgan fingerprint density at radius 1 is 1.16 bits per heavy atom. The van der Waals surface area contributed by atoms with E-state index < -0.39 is 33.7 Å². The molecule has 2 saturated heterocycles. The van der Waals surface area contributed by atoms with Crippen molar-refractivity contribution < 1.29 is 32.2 Å². The molecule has 2 amide bonds. The number of anilines is 1. The number of rotatable bonds is 5. The molecule has 10 nitrogen and oxygen atoms in total. The lowest BCUT2D eigenvalue weighted by Gasteiger charge is -2.28. The first-order chi connectivity index (χ1) is 15.0. The van der Waals surface area contributed by atoms with Gasteiger partial charge < -0.3 is 19.5 Å². The van der Waals surface area contributed by atoms with Gasteiger partial charge in [-0.2, -0.15) is 4.31 Å². The Labute approximate surface area is 188 Å². The number of nitrogens with one attached hydrogen (secondary N) is 1. The van der Waals surface area contributed by atoms with E-state index in [2.05, 4.69) is 5.32 Å². The first-order valence-corrected chi connectivity index (χ1v) is 12.0. The summed E-state index contributed by atoms with van der Waals surface area (Å²) >= 11 is 0. The number of hydrogen-bond acceptors (Lipinski definition) is 7. The number of sulfonamides is 1. The van der Waals surface area contributed by atoms with Crippen LogP contribution in [0.1, 0.15) is 33.6 Å². The van der Waals surface area contributed by atoms with E-state index >= 15 is 0 Å². The molecule has 11 heteroatoms. The Morgan fingerprint density at radius 3 is 2.47 bits per heavy atom. The summed E-state index contributed by atoms with van der Waals surface area (Å²) in [6.45, 7) is 6.86. The molecule has 0 aliphatic carbocycles. The first-order valence-electron chi connectivity index (χ1n) is 10.6. The molecule has 0 spiro atoms. The number of carbonyl (C=O) groups excluding carboxylic acids is 2. The van der Waals surface area contributed by atoms with Gasteiger partial charge in [0.1, 0.15) is 22.3 Å². The monoisotopic (exact) mass is 469 g/mol. The predicted molar refractivity (Wildman–Crippen MR) is 117 cm³/mol. The van der Waals surface area contributed by atoms with Crippen LogP contribution in [0.2, 0.25) is 0 Å². The first kappa shape index (κ1) is 24.3. The zero-order chi connectivity index (χ0) is 23.5. The van der Waals surface area contributed by atoms with Crippen LogP contribution in [0.15, 0.2) is 23.1 Å². The predicted octanol–water partition coefficient (Wildman–Crippen LogP) is 2.05. The number of methoxy groups -OCH3 is 1. The summed E-state index contributed by atoms with van der Waals surface area (Å²) in [6, 6.07) is 3.77. The molecule has 2 fully saturated rings. The van der Waals surface area contributed by atoms with Crippen LogP contribution in [0.4, 0.5) is 10.5 Å². The van der Waals surface area contributed by atoms with E-state index in [-0.39, 0.29) is 23.7 Å². The summed E-state index contributed by atoms with van der Waals surface area (Å²) in [5, 5.41) is 2.75. The molecule has 0 bridgehead atoms. The van der Waals surface area contributed by atoms with Gasteiger partial charge in [-0.25, -0.2) is 13.2 Å². The van der Waals surface area contributed by atoms with Gasteiger partial charge in [0.05, 0.1) is 20.3 Å². The van der Waals surface area contributed by atoms with Gasteiger partial charge in [0, 0.05) is 25.3 Å². The molecule has 0 unspecified atom stereocenters. The van der Waals surface area contributed by atoms with Crippen molar-refractivity contribution in [2.45, 2.75) is 50.2 Å². The van der Waals surface area contributed by atoms with Crippen molar-refractivity contribution in [1.82, 2.24) is 9.21 Å². The lowest BCUT2D eigenvalue weighted by atomic mass is 10.2. The molecule has 0 aromatic heterocycles. The Kier molecular flexibility index (Phi) is 7.31. The van der Waals surface area contributed by atoms with Gasteiger partial charge in [0.2, 0.25) is 15.9 Å². The highest BCUT2D eigenvalue weighted by atomic mass is 32.2. The van der Waals surface area contributed by atoms with Gasteiger partial charge in [-0.3, -0.25) is 9.69 Å². The Balaban J connectivity index is 1.79. The van der Waals surface area contributed by atoms with Crippen molar-refractivity contribution in [3.8, 4) is 5.75 Å². The molecule has 2 aliphatic heterocycles. The molecule has 3 rings (SSSR count). The van der Waals surface area contributed by atoms with Gasteiger partial charge in [0.25, 0.3) is 0 Å². The minimum absolute atomic E-state index is 0.0323. The number of nitrogens with zero attached hydrogens (tertiary/aromatic N) is 2. The minimum atomic E-state index is -3.83. The molecule has 178 valence electrons. The topological polar surface area (TPSA) is 114 Å². The molecule has 1 atom stereocenters. The second-order valence-corrected chi connectivity index (χ2v) is 10.6. The van der Waals surface area contributed by atoms with Crippen LogP contribution in [0, 0.1) is 0 Å². The lowest BCUT2D eigenvalue weighted by Crippen LogP contribution is -2.45. The lowest BCUT2D eigenvalue weighted by molar-refractivity contribution is -0.120. The number of carbonyl (C=O) groups is 2. The van der Waals surface area contributed by atoms with E-state index in [1.54, 1.807) is 26.8 Å². The molecule has 1 aromatic rings. The van der Waals surface area contributed by atoms with Crippen LogP contribution in [-0.4, -0.2) is 81.2 Å². The number of amides is 2. The van der Waals surface area contributed by atoms with E-state index in [1.807, 2.05) is 0 Å². The van der Waals surface area contributed by atoms with Gasteiger partial charge in [-0.15, -0.1) is 0 Å². The maximum absolute atomic E-state index is 13.1. The Morgan fingerprint density at radius 2 is 1.84 bits per heavy atom. The molecule has 1 N–H and O–H groups in total. The van der Waals surface area contributed by atoms with E-state index in [4.69, 9.17) is 14.2 Å². The second kappa shape index (κ2) is 9.63. The fourth-order valence-electron chi connectivity index (χ4n) is 3.69. The van der Waals surface area contributed by atoms with Crippen LogP contribution < -0.4 is 10.1 Å². The smallest absolute Gasteiger partial charge is 0.410 e. The zero-order valence-corrected chi connectivity index (χ0v) is 19.7. The van der Waals surface area contributed by atoms with E-state index in [0.29, 0.717) is 38.3 Å². The Bertz CT molecular complexity index is 953. The summed E-state index contributed by atoms with van der Waals surface area (Å²) in [6.07, 6.45) is 0.636. The van der Waals surface area contributed by atoms with Crippen LogP contribution in [0.3, 0.4) is 0 Å². The molecule has 1 aromatic carbocycles. The largest absolute Gasteiger partial charge is 0.495 e. The van der Waals surface area contributed by atoms with Crippen LogP contribution >= 0.6 is 0 Å². The standard InChI is InChI=1S/C21H31N3O7S/c1-21(2,3)31-20(26)24-9-5-6-16(24)19(25)22-15-7-8-17(29-4)18(14-15)32(27,28)23-10-12-30-13-11-23/h7-8,14,16H,5-6,9-13H2,1-4H3,(H,22,25)/t16-/m0/s1. The number of likely N-dealkylation sites (tertiary alicyclic amines) is 1. The molecule has 32 heavy (non-hydrogen) atoms. The van der Waals surface area contributed by atoms with Crippen molar-refractivity contribution in [2.24, 2.45) is 0 Å². The number of hydrogen-bond donors (Lipinski definition) is 1. The zero-order valence-electron chi connectivity index (χ0n) is 18.9. The third-order valence-corrected chi connectivity index (χ3v) is 7.12. The summed E-state index contributed by atoms with van der Waals surface area (Å²) in [5.74, 6) is -0.209. The normalized spacial score (nSPS) is 20.1. The fourth-order valence-corrected chi connectivity index (χ4v) is 5.28. The van der Waals surface area contributed by atoms with Crippen molar-refractivity contribution >= 4 is 27.7 Å². The third-order valence-electron chi connectivity index (χ3n) is 5.20. The Hall–Kier alpha value is -2.37. The quantitative estimate of drug-likeness (QED) is 0.702. The van der Waals surface area contributed by atoms with Gasteiger partial charge in [0.15, 0.2) is 0 Å². The minimum Gasteiger partial charge on any atom is -0.495 e. The average molecular weight is 470 g/mol. The van der Waals surface area contributed by atoms with Crippen molar-refractivity contribution in [1.29, 1.82) is 0 Å². The number of morpholine rings is 1. The average Bonchev–Trinajstić information content (AvgIpc) is 3.23. The summed E-state index contributed by atoms with van der Waals surface area (Å²) in [4.78, 5) is 26.8. The molecule has 0 radical (unpaired) electrons. The van der Waals surface area contributed by atoms with Crippen molar-refractivity contribution in [3.05, 3.63) is 18.2 Å². The van der Waals surface area contributed by atoms with Gasteiger partial charge >= 0.3 is 6.09 Å². The van der Waals surface area contributed by atoms with E-state index in [0.717, 1.165) is 0 Å². The van der Waals surface area contributed by atoms with E-state index in [1.165, 1.54) is 28.4 Å². The maximum atomic E-state index is 13.1. The summed E-state index contributed by atoms with van der Waals surface area (Å²) in [5.41, 5.74) is -0.363. The summed E-state index contributed by atoms with van der Waals surface area (Å²) in [7, 11) is -2.44. The SMILES string of the molecule is COc1ccc(NC(=O)[C@@H]2CCCN2C(=O)OC(C)(C)C)cc1S(=O)(=O)N1CCOCC1. The highest BCUT2D eigenvalue weighted by molar-refractivity contribution is 7.89. The van der Waals surface area contributed by atoms with E-state index in [9.17, 15) is 18.0 Å². The molecule has 0 saturated carbocycles. The van der Waals surface area contributed by atoms with Crippen LogP contribution in [-0.2, 0) is 24.3 Å². The fraction of sp³-hybridized carbons (Fsp3) is 0.619. The molecular weight excluding hydrogens is 438 g/mol. The molecular formula is C21H31N3O7S. The molecule has 2 aliphatic rings. The second-order valence-electron chi connectivity index (χ2n) is 8.70. The third kappa shape index (κ3) is 5.51. The summed E-state index contributed by atoms with van der Waals surface area (Å²) < 4.78 is 43.5. The number of benzene rings is 1. The van der Waals surface area contributed by atoms with Crippen LogP contribution in [0.5, 0.6) is 5.75 Å². The molecule has 2 heterocycles. The highest BCUT2D eigenvalue weighted by Gasteiger charge is 2.37. The van der Waals surface area contributed by atoms with Crippen LogP contribution in [0.25, 0.3) is 0 Å².